The van der Waals surface area contributed by atoms with E-state index in [1.165, 1.54) is 19.3 Å². The average molecular weight is 210 g/mol. The molecule has 0 bridgehead atoms. The SMILES string of the molecule is CCCCCCOC1=C(C)C(=O)CCC1. The summed E-state index contributed by atoms with van der Waals surface area (Å²) >= 11 is 0. The Labute approximate surface area is 92.7 Å². The van der Waals surface area contributed by atoms with Gasteiger partial charge in [0, 0.05) is 18.4 Å². The summed E-state index contributed by atoms with van der Waals surface area (Å²) in [6.07, 6.45) is 7.48. The van der Waals surface area contributed by atoms with Crippen LogP contribution in [0.3, 0.4) is 0 Å². The lowest BCUT2D eigenvalue weighted by atomic mass is 9.98. The van der Waals surface area contributed by atoms with Gasteiger partial charge in [0.15, 0.2) is 5.78 Å². The minimum Gasteiger partial charge on any atom is -0.498 e. The predicted molar refractivity (Wildman–Crippen MR) is 61.7 cm³/mol. The van der Waals surface area contributed by atoms with Crippen molar-refractivity contribution >= 4 is 5.78 Å². The fourth-order valence-corrected chi connectivity index (χ4v) is 1.84. The second kappa shape index (κ2) is 6.65. The molecule has 1 aliphatic carbocycles. The Hall–Kier alpha value is -0.790. The van der Waals surface area contributed by atoms with Crippen LogP contribution in [0.25, 0.3) is 0 Å². The highest BCUT2D eigenvalue weighted by Gasteiger charge is 2.17. The molecule has 0 aromatic heterocycles. The van der Waals surface area contributed by atoms with E-state index in [1.54, 1.807) is 0 Å². The molecule has 1 rings (SSSR count). The van der Waals surface area contributed by atoms with Gasteiger partial charge in [-0.25, -0.2) is 0 Å². The topological polar surface area (TPSA) is 26.3 Å². The number of ether oxygens (including phenoxy) is 1. The first-order valence-corrected chi connectivity index (χ1v) is 6.11. The summed E-state index contributed by atoms with van der Waals surface area (Å²) < 4.78 is 5.67. The molecular formula is C13H22O2. The number of allylic oxidation sites excluding steroid dienone is 2. The van der Waals surface area contributed by atoms with Crippen molar-refractivity contribution in [1.29, 1.82) is 0 Å². The molecule has 15 heavy (non-hydrogen) atoms. The molecule has 0 aromatic carbocycles. The van der Waals surface area contributed by atoms with Gasteiger partial charge in [-0.1, -0.05) is 26.2 Å². The van der Waals surface area contributed by atoms with Crippen molar-refractivity contribution in [2.45, 2.75) is 58.8 Å². The number of carbonyl (C=O) groups excluding carboxylic acids is 1. The lowest BCUT2D eigenvalue weighted by molar-refractivity contribution is -0.116. The van der Waals surface area contributed by atoms with Crippen LogP contribution in [-0.4, -0.2) is 12.4 Å². The molecule has 2 nitrogen and oxygen atoms in total. The van der Waals surface area contributed by atoms with E-state index in [4.69, 9.17) is 4.74 Å². The van der Waals surface area contributed by atoms with Gasteiger partial charge in [-0.15, -0.1) is 0 Å². The first-order valence-electron chi connectivity index (χ1n) is 6.11. The number of carbonyl (C=O) groups is 1. The molecule has 86 valence electrons. The molecule has 0 aromatic rings. The fraction of sp³-hybridized carbons (Fsp3) is 0.769. The molecule has 0 saturated carbocycles. The molecular weight excluding hydrogens is 188 g/mol. The van der Waals surface area contributed by atoms with E-state index < -0.39 is 0 Å². The molecule has 0 saturated heterocycles. The molecule has 1 aliphatic rings. The third-order valence-corrected chi connectivity index (χ3v) is 2.92. The van der Waals surface area contributed by atoms with Crippen molar-refractivity contribution in [2.24, 2.45) is 0 Å². The predicted octanol–water partition coefficient (Wildman–Crippen LogP) is 3.61. The zero-order chi connectivity index (χ0) is 11.1. The Balaban J connectivity index is 2.25. The van der Waals surface area contributed by atoms with E-state index in [0.717, 1.165) is 37.2 Å². The third-order valence-electron chi connectivity index (χ3n) is 2.92. The number of ketones is 1. The molecule has 0 amide bonds. The van der Waals surface area contributed by atoms with Gasteiger partial charge < -0.3 is 4.74 Å². The number of rotatable bonds is 6. The average Bonchev–Trinajstić information content (AvgIpc) is 2.24. The summed E-state index contributed by atoms with van der Waals surface area (Å²) in [4.78, 5) is 11.4. The van der Waals surface area contributed by atoms with Crippen LogP contribution >= 0.6 is 0 Å². The lowest BCUT2D eigenvalue weighted by Gasteiger charge is -2.17. The van der Waals surface area contributed by atoms with Gasteiger partial charge in [0.1, 0.15) is 5.76 Å². The Kier molecular flexibility index (Phi) is 5.44. The summed E-state index contributed by atoms with van der Waals surface area (Å²) in [5.41, 5.74) is 0.858. The number of hydrogen-bond donors (Lipinski definition) is 0. The molecule has 2 heteroatoms. The second-order valence-electron chi connectivity index (χ2n) is 4.23. The molecule has 0 radical (unpaired) electrons. The van der Waals surface area contributed by atoms with Crippen LogP contribution in [0.15, 0.2) is 11.3 Å². The highest BCUT2D eigenvalue weighted by Crippen LogP contribution is 2.22. The summed E-state index contributed by atoms with van der Waals surface area (Å²) in [6, 6.07) is 0. The first-order chi connectivity index (χ1) is 7.25. The molecule has 0 spiro atoms. The third kappa shape index (κ3) is 4.06. The molecule has 0 atom stereocenters. The summed E-state index contributed by atoms with van der Waals surface area (Å²) in [7, 11) is 0. The Morgan fingerprint density at radius 2 is 2.00 bits per heavy atom. The van der Waals surface area contributed by atoms with Crippen molar-refractivity contribution in [3.63, 3.8) is 0 Å². The Morgan fingerprint density at radius 3 is 2.73 bits per heavy atom. The van der Waals surface area contributed by atoms with Crippen LogP contribution < -0.4 is 0 Å². The van der Waals surface area contributed by atoms with Crippen LogP contribution in [0, 0.1) is 0 Å². The summed E-state index contributed by atoms with van der Waals surface area (Å²) in [6.45, 7) is 4.87. The normalized spacial score (nSPS) is 17.1. The van der Waals surface area contributed by atoms with Crippen LogP contribution in [-0.2, 0) is 9.53 Å². The van der Waals surface area contributed by atoms with Crippen LogP contribution in [0.1, 0.15) is 58.8 Å². The van der Waals surface area contributed by atoms with Crippen molar-refractivity contribution in [3.05, 3.63) is 11.3 Å². The van der Waals surface area contributed by atoms with Gasteiger partial charge in [0.25, 0.3) is 0 Å². The molecule has 0 heterocycles. The van der Waals surface area contributed by atoms with E-state index in [0.29, 0.717) is 6.42 Å². The van der Waals surface area contributed by atoms with Crippen molar-refractivity contribution < 1.29 is 9.53 Å². The minimum absolute atomic E-state index is 0.268. The number of hydrogen-bond acceptors (Lipinski definition) is 2. The Morgan fingerprint density at radius 1 is 1.20 bits per heavy atom. The zero-order valence-electron chi connectivity index (χ0n) is 9.97. The summed E-state index contributed by atoms with van der Waals surface area (Å²) in [5.74, 6) is 1.22. The van der Waals surface area contributed by atoms with Crippen molar-refractivity contribution in [2.75, 3.05) is 6.61 Å². The maximum atomic E-state index is 11.4. The fourth-order valence-electron chi connectivity index (χ4n) is 1.84. The van der Waals surface area contributed by atoms with Crippen molar-refractivity contribution in [1.82, 2.24) is 0 Å². The van der Waals surface area contributed by atoms with Crippen LogP contribution in [0.4, 0.5) is 0 Å². The molecule has 0 N–H and O–H groups in total. The highest BCUT2D eigenvalue weighted by molar-refractivity contribution is 5.95. The molecule has 0 fully saturated rings. The maximum absolute atomic E-state index is 11.4. The van der Waals surface area contributed by atoms with Gasteiger partial charge >= 0.3 is 0 Å². The molecule has 0 unspecified atom stereocenters. The zero-order valence-corrected chi connectivity index (χ0v) is 9.97. The van der Waals surface area contributed by atoms with E-state index in [-0.39, 0.29) is 5.78 Å². The van der Waals surface area contributed by atoms with Gasteiger partial charge in [-0.05, 0) is 19.8 Å². The van der Waals surface area contributed by atoms with Gasteiger partial charge in [-0.3, -0.25) is 4.79 Å². The lowest BCUT2D eigenvalue weighted by Crippen LogP contribution is -2.11. The first kappa shape index (κ1) is 12.3. The van der Waals surface area contributed by atoms with E-state index >= 15 is 0 Å². The van der Waals surface area contributed by atoms with Gasteiger partial charge in [0.05, 0.1) is 6.61 Å². The Bertz CT molecular complexity index is 241. The van der Waals surface area contributed by atoms with Gasteiger partial charge in [0.2, 0.25) is 0 Å². The molecule has 0 aliphatic heterocycles. The smallest absolute Gasteiger partial charge is 0.161 e. The van der Waals surface area contributed by atoms with Crippen molar-refractivity contribution in [3.8, 4) is 0 Å². The van der Waals surface area contributed by atoms with E-state index in [2.05, 4.69) is 6.92 Å². The minimum atomic E-state index is 0.268. The standard InChI is InChI=1S/C13H22O2/c1-3-4-5-6-10-15-13-9-7-8-12(14)11(13)2/h3-10H2,1-2H3. The highest BCUT2D eigenvalue weighted by atomic mass is 16.5. The maximum Gasteiger partial charge on any atom is 0.161 e. The largest absolute Gasteiger partial charge is 0.498 e. The number of unbranched alkanes of at least 4 members (excludes halogenated alkanes) is 3. The van der Waals surface area contributed by atoms with E-state index in [9.17, 15) is 4.79 Å². The number of Topliss-reactive ketones (excluding diaryl/α,β-unsaturated/α-hetero) is 1. The van der Waals surface area contributed by atoms with Gasteiger partial charge in [-0.2, -0.15) is 0 Å². The van der Waals surface area contributed by atoms with E-state index in [1.807, 2.05) is 6.92 Å². The monoisotopic (exact) mass is 210 g/mol. The second-order valence-corrected chi connectivity index (χ2v) is 4.23. The van der Waals surface area contributed by atoms with Crippen LogP contribution in [0.5, 0.6) is 0 Å². The summed E-state index contributed by atoms with van der Waals surface area (Å²) in [5, 5.41) is 0. The quantitative estimate of drug-likeness (QED) is 0.626. The van der Waals surface area contributed by atoms with Crippen LogP contribution in [0.2, 0.25) is 0 Å².